The fraction of sp³-hybridized carbons (Fsp3) is 0.381. The fourth-order valence-corrected chi connectivity index (χ4v) is 3.59. The number of aryl methyl sites for hydroxylation is 1. The zero-order valence-electron chi connectivity index (χ0n) is 14.8. The van der Waals surface area contributed by atoms with Gasteiger partial charge in [0, 0.05) is 24.8 Å². The second kappa shape index (κ2) is 8.61. The van der Waals surface area contributed by atoms with Gasteiger partial charge in [-0.3, -0.25) is 4.79 Å². The molecule has 0 saturated carbocycles. The number of benzene rings is 1. The topological polar surface area (TPSA) is 70.5 Å². The van der Waals surface area contributed by atoms with Gasteiger partial charge >= 0.3 is 5.97 Å². The first-order valence-corrected chi connectivity index (χ1v) is 9.16. The minimum atomic E-state index is -1.11. The highest BCUT2D eigenvalue weighted by atomic mass is 16.4. The highest BCUT2D eigenvalue weighted by Crippen LogP contribution is 2.23. The smallest absolute Gasteiger partial charge is 0.354 e. The first-order chi connectivity index (χ1) is 12.6. The number of nitrogens with zero attached hydrogens (tertiary/aromatic N) is 2. The largest absolute Gasteiger partial charge is 0.477 e. The molecule has 1 atom stereocenters. The summed E-state index contributed by atoms with van der Waals surface area (Å²) < 4.78 is 0. The summed E-state index contributed by atoms with van der Waals surface area (Å²) in [5.41, 5.74) is 1.67. The summed E-state index contributed by atoms with van der Waals surface area (Å²) in [5, 5.41) is 9.05. The van der Waals surface area contributed by atoms with Crippen molar-refractivity contribution in [3.05, 3.63) is 65.5 Å². The second-order valence-electron chi connectivity index (χ2n) is 6.87. The third-order valence-corrected chi connectivity index (χ3v) is 4.95. The summed E-state index contributed by atoms with van der Waals surface area (Å²) in [7, 11) is 0. The van der Waals surface area contributed by atoms with E-state index in [4.69, 9.17) is 5.11 Å². The number of piperidine rings is 1. The Morgan fingerprint density at radius 1 is 1.19 bits per heavy atom. The standard InChI is InChI=1S/C21H24N2O3/c24-20(18-11-12-22-19(14-18)21(25)26)23-13-5-10-17(15-23)9-4-8-16-6-2-1-3-7-16/h1-3,6-7,11-12,14,17H,4-5,8-10,13,15H2,(H,25,26). The number of carboxylic acids is 1. The maximum atomic E-state index is 12.7. The van der Waals surface area contributed by atoms with Crippen LogP contribution in [0.25, 0.3) is 0 Å². The van der Waals surface area contributed by atoms with Gasteiger partial charge in [0.15, 0.2) is 0 Å². The molecule has 26 heavy (non-hydrogen) atoms. The third kappa shape index (κ3) is 4.69. The van der Waals surface area contributed by atoms with Crippen LogP contribution in [0.1, 0.15) is 52.1 Å². The maximum absolute atomic E-state index is 12.7. The van der Waals surface area contributed by atoms with Gasteiger partial charge in [-0.05, 0) is 55.7 Å². The number of carbonyl (C=O) groups is 2. The van der Waals surface area contributed by atoms with Crippen LogP contribution in [0.15, 0.2) is 48.7 Å². The molecule has 2 heterocycles. The molecule has 1 aliphatic rings. The van der Waals surface area contributed by atoms with Gasteiger partial charge in [-0.15, -0.1) is 0 Å². The molecule has 0 spiro atoms. The predicted octanol–water partition coefficient (Wildman–Crippen LogP) is 3.65. The Hall–Kier alpha value is -2.69. The van der Waals surface area contributed by atoms with Gasteiger partial charge in [-0.25, -0.2) is 9.78 Å². The number of pyridine rings is 1. The SMILES string of the molecule is O=C(O)c1cc(C(=O)N2CCCC(CCCc3ccccc3)C2)ccn1. The van der Waals surface area contributed by atoms with Crippen molar-refractivity contribution in [2.75, 3.05) is 13.1 Å². The summed E-state index contributed by atoms with van der Waals surface area (Å²) in [6, 6.07) is 13.4. The molecule has 0 radical (unpaired) electrons. The number of aromatic carboxylic acids is 1. The first kappa shape index (κ1) is 18.1. The third-order valence-electron chi connectivity index (χ3n) is 4.95. The van der Waals surface area contributed by atoms with Gasteiger partial charge in [0.1, 0.15) is 5.69 Å². The number of hydrogen-bond donors (Lipinski definition) is 1. The summed E-state index contributed by atoms with van der Waals surface area (Å²) in [6.07, 6.45) is 6.83. The van der Waals surface area contributed by atoms with Crippen LogP contribution in [0.5, 0.6) is 0 Å². The highest BCUT2D eigenvalue weighted by molar-refractivity contribution is 5.96. The second-order valence-corrected chi connectivity index (χ2v) is 6.87. The van der Waals surface area contributed by atoms with E-state index < -0.39 is 5.97 Å². The lowest BCUT2D eigenvalue weighted by Gasteiger charge is -2.33. The normalized spacial score (nSPS) is 17.1. The lowest BCUT2D eigenvalue weighted by atomic mass is 9.91. The molecule has 3 rings (SSSR count). The molecule has 5 nitrogen and oxygen atoms in total. The van der Waals surface area contributed by atoms with E-state index >= 15 is 0 Å². The molecule has 1 unspecified atom stereocenters. The summed E-state index contributed by atoms with van der Waals surface area (Å²) in [4.78, 5) is 29.4. The fourth-order valence-electron chi connectivity index (χ4n) is 3.59. The van der Waals surface area contributed by atoms with Crippen LogP contribution in [-0.4, -0.2) is 40.0 Å². The zero-order chi connectivity index (χ0) is 18.4. The Labute approximate surface area is 153 Å². The molecule has 5 heteroatoms. The molecule has 136 valence electrons. The van der Waals surface area contributed by atoms with Crippen molar-refractivity contribution in [1.82, 2.24) is 9.88 Å². The number of likely N-dealkylation sites (tertiary alicyclic amines) is 1. The number of amides is 1. The van der Waals surface area contributed by atoms with E-state index in [0.29, 0.717) is 11.5 Å². The molecule has 1 fully saturated rings. The molecule has 0 bridgehead atoms. The molecular formula is C21H24N2O3. The van der Waals surface area contributed by atoms with E-state index in [0.717, 1.165) is 45.2 Å². The van der Waals surface area contributed by atoms with Gasteiger partial charge in [0.25, 0.3) is 5.91 Å². The van der Waals surface area contributed by atoms with Gasteiger partial charge in [0.2, 0.25) is 0 Å². The van der Waals surface area contributed by atoms with E-state index in [9.17, 15) is 9.59 Å². The van der Waals surface area contributed by atoms with Gasteiger partial charge in [0.05, 0.1) is 0 Å². The van der Waals surface area contributed by atoms with Crippen molar-refractivity contribution in [3.63, 3.8) is 0 Å². The van der Waals surface area contributed by atoms with Gasteiger partial charge in [-0.1, -0.05) is 30.3 Å². The molecule has 1 aliphatic heterocycles. The van der Waals surface area contributed by atoms with Crippen molar-refractivity contribution in [3.8, 4) is 0 Å². The Bertz CT molecular complexity index is 761. The summed E-state index contributed by atoms with van der Waals surface area (Å²) in [6.45, 7) is 1.48. The Morgan fingerprint density at radius 3 is 2.77 bits per heavy atom. The Balaban J connectivity index is 1.55. The summed E-state index contributed by atoms with van der Waals surface area (Å²) in [5.74, 6) is -0.697. The van der Waals surface area contributed by atoms with Crippen LogP contribution in [0, 0.1) is 5.92 Å². The predicted molar refractivity (Wildman–Crippen MR) is 99.2 cm³/mol. The van der Waals surface area contributed by atoms with Crippen LogP contribution >= 0.6 is 0 Å². The minimum Gasteiger partial charge on any atom is -0.477 e. The van der Waals surface area contributed by atoms with Gasteiger partial charge < -0.3 is 10.0 Å². The van der Waals surface area contributed by atoms with Crippen LogP contribution in [0.4, 0.5) is 0 Å². The molecule has 0 aliphatic carbocycles. The monoisotopic (exact) mass is 352 g/mol. The van der Waals surface area contributed by atoms with Crippen LogP contribution in [-0.2, 0) is 6.42 Å². The number of carbonyl (C=O) groups excluding carboxylic acids is 1. The number of carboxylic acid groups (broad SMARTS) is 1. The number of aromatic nitrogens is 1. The molecule has 1 aromatic heterocycles. The van der Waals surface area contributed by atoms with E-state index in [1.54, 1.807) is 6.07 Å². The van der Waals surface area contributed by atoms with E-state index in [1.165, 1.54) is 17.8 Å². The molecule has 1 aromatic carbocycles. The van der Waals surface area contributed by atoms with Gasteiger partial charge in [-0.2, -0.15) is 0 Å². The van der Waals surface area contributed by atoms with Crippen molar-refractivity contribution in [2.24, 2.45) is 5.92 Å². The average molecular weight is 352 g/mol. The number of hydrogen-bond acceptors (Lipinski definition) is 3. The first-order valence-electron chi connectivity index (χ1n) is 9.16. The van der Waals surface area contributed by atoms with Crippen LogP contribution in [0.2, 0.25) is 0 Å². The molecule has 2 aromatic rings. The summed E-state index contributed by atoms with van der Waals surface area (Å²) >= 11 is 0. The quantitative estimate of drug-likeness (QED) is 0.861. The Morgan fingerprint density at radius 2 is 2.00 bits per heavy atom. The molecule has 1 N–H and O–H groups in total. The van der Waals surface area contributed by atoms with Crippen molar-refractivity contribution in [1.29, 1.82) is 0 Å². The van der Waals surface area contributed by atoms with E-state index in [-0.39, 0.29) is 11.6 Å². The Kier molecular flexibility index (Phi) is 6.00. The maximum Gasteiger partial charge on any atom is 0.354 e. The van der Waals surface area contributed by atoms with E-state index in [2.05, 4.69) is 29.2 Å². The lowest BCUT2D eigenvalue weighted by Crippen LogP contribution is -2.40. The van der Waals surface area contributed by atoms with Crippen LogP contribution < -0.4 is 0 Å². The van der Waals surface area contributed by atoms with Crippen molar-refractivity contribution >= 4 is 11.9 Å². The van der Waals surface area contributed by atoms with Crippen molar-refractivity contribution < 1.29 is 14.7 Å². The molecule has 1 amide bonds. The van der Waals surface area contributed by atoms with Crippen LogP contribution in [0.3, 0.4) is 0 Å². The minimum absolute atomic E-state index is 0.0905. The number of rotatable bonds is 6. The van der Waals surface area contributed by atoms with Crippen molar-refractivity contribution in [2.45, 2.75) is 32.1 Å². The average Bonchev–Trinajstić information content (AvgIpc) is 2.68. The van der Waals surface area contributed by atoms with E-state index in [1.807, 2.05) is 11.0 Å². The zero-order valence-corrected chi connectivity index (χ0v) is 14.8. The molecular weight excluding hydrogens is 328 g/mol. The highest BCUT2D eigenvalue weighted by Gasteiger charge is 2.24. The molecule has 1 saturated heterocycles. The lowest BCUT2D eigenvalue weighted by molar-refractivity contribution is 0.0666.